The molecule has 1 fully saturated rings. The first-order chi connectivity index (χ1) is 7.88. The van der Waals surface area contributed by atoms with E-state index in [9.17, 15) is 0 Å². The fourth-order valence-corrected chi connectivity index (χ4v) is 2.75. The normalized spacial score (nSPS) is 30.7. The number of allylic oxidation sites excluding steroid dienone is 1. The maximum Gasteiger partial charge on any atom is 0.237 e. The molecule has 0 aromatic carbocycles. The van der Waals surface area contributed by atoms with Crippen molar-refractivity contribution in [1.82, 2.24) is 4.98 Å². The second-order valence-electron chi connectivity index (χ2n) is 4.55. The van der Waals surface area contributed by atoms with E-state index in [-0.39, 0.29) is 0 Å². The third-order valence-corrected chi connectivity index (χ3v) is 3.67. The molecule has 16 heavy (non-hydrogen) atoms. The molecular weight excluding hydrogens is 200 g/mol. The molecule has 0 amide bonds. The van der Waals surface area contributed by atoms with Crippen LogP contribution in [-0.2, 0) is 0 Å². The first-order valence-corrected chi connectivity index (χ1v) is 5.80. The smallest absolute Gasteiger partial charge is 0.237 e. The van der Waals surface area contributed by atoms with Crippen molar-refractivity contribution in [2.45, 2.75) is 18.9 Å². The zero-order valence-corrected chi connectivity index (χ0v) is 9.39. The number of fused-ring (bicyclic) bond motifs is 1. The van der Waals surface area contributed by atoms with E-state index in [2.05, 4.69) is 22.5 Å². The van der Waals surface area contributed by atoms with Gasteiger partial charge in [0, 0.05) is 18.2 Å². The summed E-state index contributed by atoms with van der Waals surface area (Å²) >= 11 is 0. The third kappa shape index (κ3) is 1.47. The minimum Gasteiger partial charge on any atom is -0.480 e. The second-order valence-corrected chi connectivity index (χ2v) is 4.55. The van der Waals surface area contributed by atoms with Crippen LogP contribution in [0, 0.1) is 11.8 Å². The summed E-state index contributed by atoms with van der Waals surface area (Å²) in [5, 5.41) is 3.53. The standard InChI is InChI=1S/C13H16N2O/c1-16-13-11(6-3-7-14-13)15-12-8-9-4-2-5-10(9)12/h2-3,5-7,9-10,12,15H,4,8H2,1H3. The van der Waals surface area contributed by atoms with Crippen LogP contribution in [0.15, 0.2) is 30.5 Å². The minimum atomic E-state index is 0.557. The Balaban J connectivity index is 1.72. The van der Waals surface area contributed by atoms with E-state index in [1.165, 1.54) is 12.8 Å². The monoisotopic (exact) mass is 216 g/mol. The molecule has 1 aromatic heterocycles. The predicted octanol–water partition coefficient (Wildman–Crippen LogP) is 2.47. The van der Waals surface area contributed by atoms with Crippen molar-refractivity contribution in [2.24, 2.45) is 11.8 Å². The zero-order valence-electron chi connectivity index (χ0n) is 9.39. The summed E-state index contributed by atoms with van der Waals surface area (Å²) in [6.45, 7) is 0. The molecule has 0 saturated heterocycles. The van der Waals surface area contributed by atoms with Crippen LogP contribution in [0.25, 0.3) is 0 Å². The van der Waals surface area contributed by atoms with E-state index >= 15 is 0 Å². The summed E-state index contributed by atoms with van der Waals surface area (Å²) in [6.07, 6.45) is 8.91. The molecule has 3 rings (SSSR count). The highest BCUT2D eigenvalue weighted by molar-refractivity contribution is 5.53. The first-order valence-electron chi connectivity index (χ1n) is 5.80. The van der Waals surface area contributed by atoms with Crippen molar-refractivity contribution in [3.8, 4) is 5.88 Å². The molecule has 0 aliphatic heterocycles. The van der Waals surface area contributed by atoms with Gasteiger partial charge >= 0.3 is 0 Å². The Morgan fingerprint density at radius 1 is 1.50 bits per heavy atom. The largest absolute Gasteiger partial charge is 0.480 e. The Morgan fingerprint density at radius 2 is 2.44 bits per heavy atom. The zero-order chi connectivity index (χ0) is 11.0. The van der Waals surface area contributed by atoms with Crippen LogP contribution in [0.4, 0.5) is 5.69 Å². The average Bonchev–Trinajstić information content (AvgIpc) is 2.68. The number of nitrogens with zero attached hydrogens (tertiary/aromatic N) is 1. The molecule has 1 saturated carbocycles. The summed E-state index contributed by atoms with van der Waals surface area (Å²) < 4.78 is 5.23. The van der Waals surface area contributed by atoms with Gasteiger partial charge in [-0.25, -0.2) is 4.98 Å². The van der Waals surface area contributed by atoms with E-state index in [1.807, 2.05) is 12.1 Å². The van der Waals surface area contributed by atoms with E-state index in [0.717, 1.165) is 11.6 Å². The molecule has 3 unspecified atom stereocenters. The van der Waals surface area contributed by atoms with E-state index in [0.29, 0.717) is 17.8 Å². The number of anilines is 1. The number of rotatable bonds is 3. The Kier molecular flexibility index (Phi) is 2.31. The molecule has 0 radical (unpaired) electrons. The predicted molar refractivity (Wildman–Crippen MR) is 63.6 cm³/mol. The number of aromatic nitrogens is 1. The number of hydrogen-bond donors (Lipinski definition) is 1. The van der Waals surface area contributed by atoms with Crippen molar-refractivity contribution in [2.75, 3.05) is 12.4 Å². The minimum absolute atomic E-state index is 0.557. The number of nitrogens with one attached hydrogen (secondary N) is 1. The first kappa shape index (κ1) is 9.70. The Morgan fingerprint density at radius 3 is 3.25 bits per heavy atom. The van der Waals surface area contributed by atoms with Crippen LogP contribution in [0.3, 0.4) is 0 Å². The maximum atomic E-state index is 5.23. The Labute approximate surface area is 95.5 Å². The lowest BCUT2D eigenvalue weighted by molar-refractivity contribution is 0.217. The van der Waals surface area contributed by atoms with Crippen LogP contribution in [0.2, 0.25) is 0 Å². The summed E-state index contributed by atoms with van der Waals surface area (Å²) in [5.74, 6) is 2.28. The Bertz CT molecular complexity index is 416. The van der Waals surface area contributed by atoms with Gasteiger partial charge in [0.05, 0.1) is 12.8 Å². The van der Waals surface area contributed by atoms with Crippen LogP contribution in [0.1, 0.15) is 12.8 Å². The lowest BCUT2D eigenvalue weighted by atomic mass is 9.71. The van der Waals surface area contributed by atoms with Gasteiger partial charge in [0.2, 0.25) is 5.88 Å². The van der Waals surface area contributed by atoms with Crippen molar-refractivity contribution in [1.29, 1.82) is 0 Å². The molecule has 0 bridgehead atoms. The lowest BCUT2D eigenvalue weighted by Crippen LogP contribution is -2.43. The molecule has 3 nitrogen and oxygen atoms in total. The van der Waals surface area contributed by atoms with Crippen LogP contribution < -0.4 is 10.1 Å². The van der Waals surface area contributed by atoms with E-state index < -0.39 is 0 Å². The van der Waals surface area contributed by atoms with Gasteiger partial charge in [-0.15, -0.1) is 0 Å². The third-order valence-electron chi connectivity index (χ3n) is 3.67. The summed E-state index contributed by atoms with van der Waals surface area (Å²) in [4.78, 5) is 4.19. The Hall–Kier alpha value is -1.51. The highest BCUT2D eigenvalue weighted by atomic mass is 16.5. The van der Waals surface area contributed by atoms with Gasteiger partial charge in [0.1, 0.15) is 0 Å². The molecule has 1 aromatic rings. The highest BCUT2D eigenvalue weighted by Crippen LogP contribution is 2.44. The molecule has 2 aliphatic rings. The maximum absolute atomic E-state index is 5.23. The van der Waals surface area contributed by atoms with Crippen molar-refractivity contribution >= 4 is 5.69 Å². The van der Waals surface area contributed by atoms with Gasteiger partial charge in [-0.3, -0.25) is 0 Å². The van der Waals surface area contributed by atoms with Crippen molar-refractivity contribution in [3.63, 3.8) is 0 Å². The molecule has 0 spiro atoms. The van der Waals surface area contributed by atoms with Crippen molar-refractivity contribution < 1.29 is 4.74 Å². The fourth-order valence-electron chi connectivity index (χ4n) is 2.75. The van der Waals surface area contributed by atoms with Gasteiger partial charge < -0.3 is 10.1 Å². The van der Waals surface area contributed by atoms with Gasteiger partial charge in [0.25, 0.3) is 0 Å². The van der Waals surface area contributed by atoms with Crippen molar-refractivity contribution in [3.05, 3.63) is 30.5 Å². The number of hydrogen-bond acceptors (Lipinski definition) is 3. The van der Waals surface area contributed by atoms with E-state index in [1.54, 1.807) is 13.3 Å². The number of methoxy groups -OCH3 is 1. The van der Waals surface area contributed by atoms with Gasteiger partial charge in [-0.2, -0.15) is 0 Å². The SMILES string of the molecule is COc1ncccc1NC1CC2CC=CC21. The fraction of sp³-hybridized carbons (Fsp3) is 0.462. The second kappa shape index (κ2) is 3.81. The summed E-state index contributed by atoms with van der Waals surface area (Å²) in [7, 11) is 1.66. The molecule has 3 atom stereocenters. The highest BCUT2D eigenvalue weighted by Gasteiger charge is 2.41. The lowest BCUT2D eigenvalue weighted by Gasteiger charge is -2.41. The quantitative estimate of drug-likeness (QED) is 0.788. The van der Waals surface area contributed by atoms with E-state index in [4.69, 9.17) is 4.74 Å². The molecule has 1 heterocycles. The number of pyridine rings is 1. The number of ether oxygens (including phenoxy) is 1. The van der Waals surface area contributed by atoms with Gasteiger partial charge in [0.15, 0.2) is 0 Å². The van der Waals surface area contributed by atoms with Crippen LogP contribution in [0.5, 0.6) is 5.88 Å². The molecule has 84 valence electrons. The average molecular weight is 216 g/mol. The molecule has 1 N–H and O–H groups in total. The molecule has 2 aliphatic carbocycles. The topological polar surface area (TPSA) is 34.1 Å². The molecular formula is C13H16N2O. The van der Waals surface area contributed by atoms with Gasteiger partial charge in [-0.05, 0) is 30.9 Å². The molecule has 3 heteroatoms. The van der Waals surface area contributed by atoms with Crippen LogP contribution in [-0.4, -0.2) is 18.1 Å². The summed E-state index contributed by atoms with van der Waals surface area (Å²) in [5.41, 5.74) is 1.01. The van der Waals surface area contributed by atoms with Crippen LogP contribution >= 0.6 is 0 Å². The summed E-state index contributed by atoms with van der Waals surface area (Å²) in [6, 6.07) is 4.52. The van der Waals surface area contributed by atoms with Gasteiger partial charge in [-0.1, -0.05) is 12.2 Å².